The van der Waals surface area contributed by atoms with Gasteiger partial charge >= 0.3 is 12.2 Å². The molecule has 0 spiro atoms. The molecule has 1 aliphatic rings. The second-order valence-electron chi connectivity index (χ2n) is 6.99. The number of hydrogen-bond donors (Lipinski definition) is 1. The second-order valence-corrected chi connectivity index (χ2v) is 6.99. The van der Waals surface area contributed by atoms with Gasteiger partial charge in [0.25, 0.3) is 0 Å². The normalized spacial score (nSPS) is 19.5. The van der Waals surface area contributed by atoms with Crippen molar-refractivity contribution in [3.05, 3.63) is 42.2 Å². The van der Waals surface area contributed by atoms with Crippen LogP contribution in [0.5, 0.6) is 0 Å². The molecule has 0 radical (unpaired) electrons. The predicted octanol–water partition coefficient (Wildman–Crippen LogP) is 2.61. The fourth-order valence-corrected chi connectivity index (χ4v) is 3.27. The number of nitrogens with one attached hydrogen (secondary N) is 1. The average molecular weight is 396 g/mol. The van der Waals surface area contributed by atoms with Gasteiger partial charge in [0.2, 0.25) is 0 Å². The molecule has 0 bridgehead atoms. The lowest BCUT2D eigenvalue weighted by Gasteiger charge is -2.40. The van der Waals surface area contributed by atoms with E-state index in [1.165, 1.54) is 4.90 Å². The third-order valence-electron chi connectivity index (χ3n) is 4.85. The van der Waals surface area contributed by atoms with E-state index in [9.17, 15) is 18.0 Å². The van der Waals surface area contributed by atoms with Gasteiger partial charge < -0.3 is 10.2 Å². The molecular weight excluding hydrogens is 373 g/mol. The quantitative estimate of drug-likeness (QED) is 0.863. The largest absolute Gasteiger partial charge is 0.401 e. The fraction of sp³-hybridized carbons (Fsp3) is 0.500. The molecule has 2 amide bonds. The van der Waals surface area contributed by atoms with E-state index in [0.29, 0.717) is 0 Å². The Labute approximate surface area is 161 Å². The van der Waals surface area contributed by atoms with Crippen LogP contribution in [-0.4, -0.2) is 69.2 Å². The maximum absolute atomic E-state index is 12.6. The second kappa shape index (κ2) is 8.17. The van der Waals surface area contributed by atoms with E-state index >= 15 is 0 Å². The number of amides is 2. The number of hydrogen-bond acceptors (Lipinski definition) is 4. The van der Waals surface area contributed by atoms with Gasteiger partial charge in [0.1, 0.15) is 0 Å². The Bertz CT molecular complexity index is 778. The summed E-state index contributed by atoms with van der Waals surface area (Å²) in [5.74, 6) is 0. The number of nitrogens with zero attached hydrogens (tertiary/aromatic N) is 5. The minimum Gasteiger partial charge on any atom is -0.331 e. The number of alkyl halides is 3. The minimum absolute atomic E-state index is 0.203. The van der Waals surface area contributed by atoms with Gasteiger partial charge in [0.05, 0.1) is 30.7 Å². The maximum Gasteiger partial charge on any atom is 0.401 e. The summed E-state index contributed by atoms with van der Waals surface area (Å²) in [5.41, 5.74) is 1.77. The van der Waals surface area contributed by atoms with Gasteiger partial charge in [-0.15, -0.1) is 5.10 Å². The first-order valence-corrected chi connectivity index (χ1v) is 9.06. The highest BCUT2D eigenvalue weighted by Crippen LogP contribution is 2.21. The van der Waals surface area contributed by atoms with Gasteiger partial charge in [-0.05, 0) is 31.5 Å². The van der Waals surface area contributed by atoms with Crippen LogP contribution in [0.1, 0.15) is 25.5 Å². The van der Waals surface area contributed by atoms with E-state index in [-0.39, 0.29) is 37.7 Å². The summed E-state index contributed by atoms with van der Waals surface area (Å²) in [7, 11) is 0. The minimum atomic E-state index is -4.23. The van der Waals surface area contributed by atoms with E-state index in [0.717, 1.165) is 11.3 Å². The number of carbonyl (C=O) groups excluding carboxylic acids is 1. The van der Waals surface area contributed by atoms with Crippen LogP contribution in [0.4, 0.5) is 18.0 Å². The topological polar surface area (TPSA) is 66.3 Å². The number of benzene rings is 1. The summed E-state index contributed by atoms with van der Waals surface area (Å²) in [6.45, 7) is 3.36. The first kappa shape index (κ1) is 20.1. The summed E-state index contributed by atoms with van der Waals surface area (Å²) in [6.07, 6.45) is -0.905. The average Bonchev–Trinajstić information content (AvgIpc) is 3.17. The molecule has 28 heavy (non-hydrogen) atoms. The molecule has 1 saturated heterocycles. The van der Waals surface area contributed by atoms with Crippen molar-refractivity contribution < 1.29 is 18.0 Å². The van der Waals surface area contributed by atoms with Crippen molar-refractivity contribution in [2.75, 3.05) is 26.2 Å². The van der Waals surface area contributed by atoms with E-state index in [1.807, 2.05) is 31.2 Å². The lowest BCUT2D eigenvalue weighted by atomic mass is 10.1. The number of aromatic nitrogens is 3. The van der Waals surface area contributed by atoms with Crippen LogP contribution in [-0.2, 0) is 0 Å². The molecule has 7 nitrogen and oxygen atoms in total. The summed E-state index contributed by atoms with van der Waals surface area (Å²) in [4.78, 5) is 15.4. The van der Waals surface area contributed by atoms with Crippen LogP contribution in [0, 0.1) is 0 Å². The van der Waals surface area contributed by atoms with Gasteiger partial charge in [-0.3, -0.25) is 4.90 Å². The van der Waals surface area contributed by atoms with Crippen LogP contribution < -0.4 is 5.32 Å². The van der Waals surface area contributed by atoms with E-state index < -0.39 is 12.7 Å². The van der Waals surface area contributed by atoms with Crippen molar-refractivity contribution in [2.24, 2.45) is 0 Å². The Hall–Kier alpha value is -2.62. The molecule has 1 aromatic carbocycles. The highest BCUT2D eigenvalue weighted by Gasteiger charge is 2.36. The van der Waals surface area contributed by atoms with Crippen molar-refractivity contribution in [1.29, 1.82) is 0 Å². The monoisotopic (exact) mass is 396 g/mol. The highest BCUT2D eigenvalue weighted by molar-refractivity contribution is 5.75. The third-order valence-corrected chi connectivity index (χ3v) is 4.85. The zero-order valence-corrected chi connectivity index (χ0v) is 15.7. The summed E-state index contributed by atoms with van der Waals surface area (Å²) in [6, 6.07) is 6.69. The van der Waals surface area contributed by atoms with Gasteiger partial charge in [-0.2, -0.15) is 13.2 Å². The van der Waals surface area contributed by atoms with Gasteiger partial charge in [-0.25, -0.2) is 9.48 Å². The molecule has 1 aromatic heterocycles. The molecule has 152 valence electrons. The third kappa shape index (κ3) is 5.00. The lowest BCUT2D eigenvalue weighted by molar-refractivity contribution is -0.153. The fourth-order valence-electron chi connectivity index (χ4n) is 3.27. The molecule has 0 aliphatic carbocycles. The predicted molar refractivity (Wildman–Crippen MR) is 97.0 cm³/mol. The van der Waals surface area contributed by atoms with Crippen LogP contribution in [0.2, 0.25) is 0 Å². The number of carbonyl (C=O) groups is 1. The molecular formula is C18H23F3N6O. The molecule has 2 atom stereocenters. The van der Waals surface area contributed by atoms with E-state index in [4.69, 9.17) is 0 Å². The van der Waals surface area contributed by atoms with Crippen molar-refractivity contribution in [2.45, 2.75) is 32.1 Å². The molecule has 2 unspecified atom stereocenters. The molecule has 1 fully saturated rings. The Morgan fingerprint density at radius 2 is 2.00 bits per heavy atom. The zero-order valence-electron chi connectivity index (χ0n) is 15.7. The van der Waals surface area contributed by atoms with Crippen LogP contribution in [0.25, 0.3) is 5.69 Å². The SMILES string of the molecule is CC(NC(=O)N1CCN(CC(F)(F)F)C(C)C1)c1ccc(-n2ccnn2)cc1. The van der Waals surface area contributed by atoms with Crippen molar-refractivity contribution >= 4 is 6.03 Å². The first-order chi connectivity index (χ1) is 13.2. The van der Waals surface area contributed by atoms with Gasteiger partial charge in [0, 0.05) is 25.7 Å². The van der Waals surface area contributed by atoms with E-state index in [2.05, 4.69) is 15.6 Å². The number of piperazine rings is 1. The van der Waals surface area contributed by atoms with Crippen molar-refractivity contribution in [3.63, 3.8) is 0 Å². The summed E-state index contributed by atoms with van der Waals surface area (Å²) < 4.78 is 39.4. The number of urea groups is 1. The van der Waals surface area contributed by atoms with Crippen LogP contribution in [0.15, 0.2) is 36.7 Å². The molecule has 1 N–H and O–H groups in total. The Morgan fingerprint density at radius 1 is 1.29 bits per heavy atom. The smallest absolute Gasteiger partial charge is 0.331 e. The van der Waals surface area contributed by atoms with E-state index in [1.54, 1.807) is 28.9 Å². The molecule has 10 heteroatoms. The first-order valence-electron chi connectivity index (χ1n) is 9.06. The number of halogens is 3. The lowest BCUT2D eigenvalue weighted by Crippen LogP contribution is -2.57. The number of rotatable bonds is 4. The zero-order chi connectivity index (χ0) is 20.3. The highest BCUT2D eigenvalue weighted by atomic mass is 19.4. The Balaban J connectivity index is 1.54. The molecule has 3 rings (SSSR count). The molecule has 2 aromatic rings. The summed E-state index contributed by atoms with van der Waals surface area (Å²) >= 11 is 0. The maximum atomic E-state index is 12.6. The Morgan fingerprint density at radius 3 is 2.57 bits per heavy atom. The molecule has 1 aliphatic heterocycles. The molecule has 2 heterocycles. The van der Waals surface area contributed by atoms with Crippen molar-refractivity contribution in [3.8, 4) is 5.69 Å². The standard InChI is InChI=1S/C18H23F3N6O/c1-13-11-25(9-10-26(13)12-18(19,20)21)17(28)23-14(2)15-3-5-16(6-4-15)27-8-7-22-24-27/h3-8,13-14H,9-12H2,1-2H3,(H,23,28). The van der Waals surface area contributed by atoms with Crippen molar-refractivity contribution in [1.82, 2.24) is 30.1 Å². The van der Waals surface area contributed by atoms with Crippen LogP contribution in [0.3, 0.4) is 0 Å². The van der Waals surface area contributed by atoms with Crippen LogP contribution >= 0.6 is 0 Å². The summed E-state index contributed by atoms with van der Waals surface area (Å²) in [5, 5.41) is 10.6. The molecule has 0 saturated carbocycles. The van der Waals surface area contributed by atoms with Gasteiger partial charge in [0.15, 0.2) is 0 Å². The Kier molecular flexibility index (Phi) is 5.87. The van der Waals surface area contributed by atoms with Gasteiger partial charge in [-0.1, -0.05) is 17.3 Å².